The van der Waals surface area contributed by atoms with E-state index in [1.165, 1.54) is 6.07 Å². The molecule has 0 saturated heterocycles. The van der Waals surface area contributed by atoms with Crippen LogP contribution in [0.4, 0.5) is 13.2 Å². The molecule has 0 radical (unpaired) electrons. The number of benzene rings is 1. The summed E-state index contributed by atoms with van der Waals surface area (Å²) in [6.07, 6.45) is 0.629. The molecule has 0 N–H and O–H groups in total. The molecule has 0 fully saturated rings. The van der Waals surface area contributed by atoms with E-state index in [2.05, 4.69) is 5.92 Å². The van der Waals surface area contributed by atoms with Gasteiger partial charge in [0.2, 0.25) is 0 Å². The third-order valence-electron chi connectivity index (χ3n) is 1.92. The lowest BCUT2D eigenvalue weighted by Gasteiger charge is -2.13. The average Bonchev–Trinajstić information content (AvgIpc) is 2.28. The summed E-state index contributed by atoms with van der Waals surface area (Å²) in [6.45, 7) is 0.00544. The maximum absolute atomic E-state index is 12.6. The lowest BCUT2D eigenvalue weighted by molar-refractivity contribution is -0.138. The van der Waals surface area contributed by atoms with Crippen molar-refractivity contribution < 1.29 is 17.9 Å². The van der Waals surface area contributed by atoms with Crippen molar-refractivity contribution in [3.63, 3.8) is 0 Å². The molecule has 0 aliphatic carbocycles. The molecular weight excluding hydrogens is 231 g/mol. The van der Waals surface area contributed by atoms with Gasteiger partial charge in [-0.1, -0.05) is 0 Å². The van der Waals surface area contributed by atoms with Gasteiger partial charge in [0, 0.05) is 6.42 Å². The van der Waals surface area contributed by atoms with Crippen LogP contribution in [-0.4, -0.2) is 6.61 Å². The van der Waals surface area contributed by atoms with E-state index in [1.54, 1.807) is 6.07 Å². The van der Waals surface area contributed by atoms with Crippen molar-refractivity contribution >= 4 is 0 Å². The predicted molar refractivity (Wildman–Crippen MR) is 55.1 cm³/mol. The average molecular weight is 239 g/mol. The summed E-state index contributed by atoms with van der Waals surface area (Å²) in [7, 11) is 0. The number of nitrogens with zero attached hydrogens (tertiary/aromatic N) is 1. The topological polar surface area (TPSA) is 33.0 Å². The van der Waals surface area contributed by atoms with Gasteiger partial charge in [-0.25, -0.2) is 0 Å². The third kappa shape index (κ3) is 3.42. The van der Waals surface area contributed by atoms with Gasteiger partial charge in [-0.3, -0.25) is 0 Å². The highest BCUT2D eigenvalue weighted by Gasteiger charge is 2.34. The van der Waals surface area contributed by atoms with E-state index >= 15 is 0 Å². The number of hydrogen-bond donors (Lipinski definition) is 0. The summed E-state index contributed by atoms with van der Waals surface area (Å²) in [4.78, 5) is 0. The Labute approximate surface area is 96.6 Å². The number of nitriles is 1. The van der Waals surface area contributed by atoms with Crippen LogP contribution in [-0.2, 0) is 6.18 Å². The predicted octanol–water partition coefficient (Wildman–Crippen LogP) is 2.98. The molecule has 5 heteroatoms. The fourth-order valence-electron chi connectivity index (χ4n) is 1.17. The zero-order valence-electron chi connectivity index (χ0n) is 8.71. The highest BCUT2D eigenvalue weighted by molar-refractivity contribution is 5.43. The molecule has 17 heavy (non-hydrogen) atoms. The van der Waals surface area contributed by atoms with Crippen molar-refractivity contribution in [3.8, 4) is 24.2 Å². The van der Waals surface area contributed by atoms with E-state index < -0.39 is 11.7 Å². The molecule has 0 bridgehead atoms. The van der Waals surface area contributed by atoms with Gasteiger partial charge < -0.3 is 4.74 Å². The number of hydrogen-bond acceptors (Lipinski definition) is 2. The Balaban J connectivity index is 3.05. The minimum Gasteiger partial charge on any atom is -0.492 e. The second-order valence-electron chi connectivity index (χ2n) is 3.12. The quantitative estimate of drug-likeness (QED) is 0.600. The number of terminal acetylenes is 1. The molecule has 0 saturated carbocycles. The van der Waals surface area contributed by atoms with Crippen LogP contribution < -0.4 is 4.74 Å². The molecule has 0 aromatic heterocycles. The Morgan fingerprint density at radius 1 is 1.35 bits per heavy atom. The molecule has 0 unspecified atom stereocenters. The van der Waals surface area contributed by atoms with E-state index in [4.69, 9.17) is 16.4 Å². The molecule has 0 heterocycles. The van der Waals surface area contributed by atoms with Crippen LogP contribution in [0.25, 0.3) is 0 Å². The Bertz CT molecular complexity index is 480. The Morgan fingerprint density at radius 2 is 2.06 bits per heavy atom. The van der Waals surface area contributed by atoms with Crippen molar-refractivity contribution in [1.82, 2.24) is 0 Å². The molecule has 0 aliphatic rings. The molecular formula is C12H8F3NO. The fourth-order valence-corrected chi connectivity index (χ4v) is 1.17. The van der Waals surface area contributed by atoms with Gasteiger partial charge >= 0.3 is 6.18 Å². The van der Waals surface area contributed by atoms with Crippen LogP contribution in [0.5, 0.6) is 5.75 Å². The van der Waals surface area contributed by atoms with Crippen molar-refractivity contribution in [2.24, 2.45) is 0 Å². The number of alkyl halides is 3. The molecule has 1 aromatic rings. The lowest BCUT2D eigenvalue weighted by atomic mass is 10.1. The molecule has 0 aliphatic heterocycles. The minimum atomic E-state index is -4.56. The summed E-state index contributed by atoms with van der Waals surface area (Å²) in [5, 5.41) is 8.55. The second kappa shape index (κ2) is 5.27. The normalized spacial score (nSPS) is 10.4. The number of halogens is 3. The van der Waals surface area contributed by atoms with E-state index in [-0.39, 0.29) is 24.3 Å². The maximum atomic E-state index is 12.6. The van der Waals surface area contributed by atoms with Gasteiger partial charge in [0.15, 0.2) is 0 Å². The van der Waals surface area contributed by atoms with Gasteiger partial charge in [-0.05, 0) is 18.2 Å². The first-order valence-electron chi connectivity index (χ1n) is 4.66. The number of rotatable bonds is 3. The van der Waals surface area contributed by atoms with Gasteiger partial charge in [0.25, 0.3) is 0 Å². The molecule has 0 spiro atoms. The Hall–Kier alpha value is -2.14. The van der Waals surface area contributed by atoms with Crippen LogP contribution in [0.15, 0.2) is 18.2 Å². The van der Waals surface area contributed by atoms with Crippen molar-refractivity contribution in [3.05, 3.63) is 29.3 Å². The molecule has 88 valence electrons. The van der Waals surface area contributed by atoms with E-state index in [9.17, 15) is 13.2 Å². The van der Waals surface area contributed by atoms with Gasteiger partial charge in [0.05, 0.1) is 23.8 Å². The highest BCUT2D eigenvalue weighted by Crippen LogP contribution is 2.36. The van der Waals surface area contributed by atoms with Gasteiger partial charge in [0.1, 0.15) is 5.75 Å². The Morgan fingerprint density at radius 3 is 2.59 bits per heavy atom. The molecule has 0 atom stereocenters. The maximum Gasteiger partial charge on any atom is 0.420 e. The number of ether oxygens (including phenoxy) is 1. The molecule has 1 rings (SSSR count). The summed E-state index contributed by atoms with van der Waals surface area (Å²) in [6, 6.07) is 4.79. The van der Waals surface area contributed by atoms with Gasteiger partial charge in [-0.15, -0.1) is 12.3 Å². The second-order valence-corrected chi connectivity index (χ2v) is 3.12. The van der Waals surface area contributed by atoms with Crippen LogP contribution in [0.1, 0.15) is 17.5 Å². The fraction of sp³-hybridized carbons (Fsp3) is 0.250. The summed E-state index contributed by atoms with van der Waals surface area (Å²) < 4.78 is 42.9. The first kappa shape index (κ1) is 12.9. The van der Waals surface area contributed by atoms with Crippen LogP contribution in [0.3, 0.4) is 0 Å². The zero-order valence-corrected chi connectivity index (χ0v) is 8.71. The smallest absolute Gasteiger partial charge is 0.420 e. The molecule has 0 amide bonds. The van der Waals surface area contributed by atoms with E-state index in [0.717, 1.165) is 12.1 Å². The standard InChI is InChI=1S/C12H8F3NO/c1-2-3-6-17-11-5-4-9(8-16)7-10(11)12(13,14)15/h1,4-5,7H,3,6H2. The summed E-state index contributed by atoms with van der Waals surface area (Å²) in [5.74, 6) is 1.95. The largest absolute Gasteiger partial charge is 0.492 e. The van der Waals surface area contributed by atoms with Crippen molar-refractivity contribution in [2.75, 3.05) is 6.61 Å². The van der Waals surface area contributed by atoms with Crippen LogP contribution in [0, 0.1) is 23.7 Å². The van der Waals surface area contributed by atoms with Crippen molar-refractivity contribution in [1.29, 1.82) is 5.26 Å². The van der Waals surface area contributed by atoms with Crippen molar-refractivity contribution in [2.45, 2.75) is 12.6 Å². The monoisotopic (exact) mass is 239 g/mol. The summed E-state index contributed by atoms with van der Waals surface area (Å²) in [5.41, 5.74) is -1.03. The zero-order chi connectivity index (χ0) is 12.9. The SMILES string of the molecule is C#CCCOc1ccc(C#N)cc1C(F)(F)F. The molecule has 2 nitrogen and oxygen atoms in total. The third-order valence-corrected chi connectivity index (χ3v) is 1.92. The lowest BCUT2D eigenvalue weighted by Crippen LogP contribution is -2.09. The van der Waals surface area contributed by atoms with Crippen LogP contribution >= 0.6 is 0 Å². The highest BCUT2D eigenvalue weighted by atomic mass is 19.4. The van der Waals surface area contributed by atoms with E-state index in [0.29, 0.717) is 0 Å². The first-order valence-corrected chi connectivity index (χ1v) is 4.66. The first-order chi connectivity index (χ1) is 7.99. The minimum absolute atomic E-state index is 0.00544. The Kier molecular flexibility index (Phi) is 4.01. The van der Waals surface area contributed by atoms with E-state index in [1.807, 2.05) is 0 Å². The molecule has 1 aromatic carbocycles. The van der Waals surface area contributed by atoms with Crippen LogP contribution in [0.2, 0.25) is 0 Å². The van der Waals surface area contributed by atoms with Gasteiger partial charge in [-0.2, -0.15) is 18.4 Å². The summed E-state index contributed by atoms with van der Waals surface area (Å²) >= 11 is 0.